The fraction of sp³-hybridized carbons (Fsp3) is 0.333. The van der Waals surface area contributed by atoms with Crippen LogP contribution in [-0.2, 0) is 20.9 Å². The van der Waals surface area contributed by atoms with Crippen LogP contribution in [0, 0.1) is 0 Å². The topological polar surface area (TPSA) is 76.7 Å². The molecule has 1 aromatic rings. The average Bonchev–Trinajstić information content (AvgIpc) is 2.38. The monoisotopic (exact) mass is 252 g/mol. The van der Waals surface area contributed by atoms with E-state index in [1.165, 1.54) is 0 Å². The van der Waals surface area contributed by atoms with E-state index in [4.69, 9.17) is 4.74 Å². The Bertz CT molecular complexity index is 381. The second-order valence-corrected chi connectivity index (χ2v) is 3.37. The predicted octanol–water partition coefficient (Wildman–Crippen LogP) is 0.980. The smallest absolute Gasteiger partial charge is 0.426 e. The van der Waals surface area contributed by atoms with E-state index in [-0.39, 0.29) is 13.2 Å². The van der Waals surface area contributed by atoms with Crippen LogP contribution in [0.4, 0.5) is 4.79 Å². The summed E-state index contributed by atoms with van der Waals surface area (Å²) in [7, 11) is 0. The maximum atomic E-state index is 11.2. The molecule has 0 atom stereocenters. The molecule has 0 aromatic heterocycles. The van der Waals surface area contributed by atoms with Crippen molar-refractivity contribution in [1.82, 2.24) is 10.9 Å². The van der Waals surface area contributed by atoms with E-state index in [2.05, 4.69) is 15.6 Å². The lowest BCUT2D eigenvalue weighted by atomic mass is 10.2. The number of ether oxygens (including phenoxy) is 2. The highest BCUT2D eigenvalue weighted by Gasteiger charge is 2.04. The summed E-state index contributed by atoms with van der Waals surface area (Å²) in [6.45, 7) is 2.12. The van der Waals surface area contributed by atoms with Crippen molar-refractivity contribution in [3.05, 3.63) is 35.9 Å². The van der Waals surface area contributed by atoms with Gasteiger partial charge in [-0.2, -0.15) is 0 Å². The molecule has 0 aliphatic heterocycles. The van der Waals surface area contributed by atoms with Crippen LogP contribution in [0.15, 0.2) is 30.3 Å². The zero-order valence-electron chi connectivity index (χ0n) is 10.1. The number of carbonyl (C=O) groups excluding carboxylic acids is 2. The lowest BCUT2D eigenvalue weighted by Crippen LogP contribution is -2.43. The van der Waals surface area contributed by atoms with Crippen LogP contribution >= 0.6 is 0 Å². The third kappa shape index (κ3) is 5.86. The molecule has 0 bridgehead atoms. The molecule has 0 unspecified atom stereocenters. The van der Waals surface area contributed by atoms with E-state index >= 15 is 0 Å². The van der Waals surface area contributed by atoms with Gasteiger partial charge in [-0.15, -0.1) is 0 Å². The van der Waals surface area contributed by atoms with Crippen LogP contribution in [0.1, 0.15) is 12.5 Å². The first-order chi connectivity index (χ1) is 8.72. The number of rotatable bonds is 5. The van der Waals surface area contributed by atoms with E-state index in [0.29, 0.717) is 6.61 Å². The number of hydrazine groups is 1. The minimum absolute atomic E-state index is 0.138. The van der Waals surface area contributed by atoms with Gasteiger partial charge in [-0.05, 0) is 12.5 Å². The molecular weight excluding hydrogens is 236 g/mol. The Morgan fingerprint density at radius 2 is 1.89 bits per heavy atom. The molecule has 0 heterocycles. The third-order valence-corrected chi connectivity index (χ3v) is 1.92. The highest BCUT2D eigenvalue weighted by atomic mass is 16.6. The summed E-state index contributed by atoms with van der Waals surface area (Å²) in [5.74, 6) is -0.445. The summed E-state index contributed by atoms with van der Waals surface area (Å²) < 4.78 is 9.73. The van der Waals surface area contributed by atoms with Gasteiger partial charge in [-0.1, -0.05) is 30.3 Å². The zero-order valence-corrected chi connectivity index (χ0v) is 10.1. The summed E-state index contributed by atoms with van der Waals surface area (Å²) in [6, 6.07) is 9.48. The zero-order chi connectivity index (χ0) is 13.2. The van der Waals surface area contributed by atoms with Crippen LogP contribution in [0.25, 0.3) is 0 Å². The first-order valence-corrected chi connectivity index (χ1v) is 5.55. The molecule has 1 aromatic carbocycles. The highest BCUT2D eigenvalue weighted by Crippen LogP contribution is 1.99. The van der Waals surface area contributed by atoms with Gasteiger partial charge in [0, 0.05) is 0 Å². The number of benzene rings is 1. The average molecular weight is 252 g/mol. The van der Waals surface area contributed by atoms with Crippen molar-refractivity contribution in [3.8, 4) is 0 Å². The maximum absolute atomic E-state index is 11.2. The molecule has 2 amide bonds. The lowest BCUT2D eigenvalue weighted by molar-refractivity contribution is -0.127. The Kier molecular flexibility index (Phi) is 6.27. The van der Waals surface area contributed by atoms with Gasteiger partial charge in [-0.25, -0.2) is 10.2 Å². The molecule has 98 valence electrons. The minimum Gasteiger partial charge on any atom is -0.449 e. The quantitative estimate of drug-likeness (QED) is 0.766. The second-order valence-electron chi connectivity index (χ2n) is 3.37. The number of amides is 2. The molecule has 0 spiro atoms. The van der Waals surface area contributed by atoms with Gasteiger partial charge in [0.15, 0.2) is 0 Å². The maximum Gasteiger partial charge on any atom is 0.426 e. The second kappa shape index (κ2) is 8.08. The number of carbonyl (C=O) groups is 2. The molecular formula is C12H16N2O4. The van der Waals surface area contributed by atoms with Crippen LogP contribution in [0.3, 0.4) is 0 Å². The summed E-state index contributed by atoms with van der Waals surface area (Å²) in [5, 5.41) is 0. The van der Waals surface area contributed by atoms with Crippen molar-refractivity contribution >= 4 is 12.0 Å². The fourth-order valence-electron chi connectivity index (χ4n) is 1.16. The van der Waals surface area contributed by atoms with Crippen molar-refractivity contribution in [3.63, 3.8) is 0 Å². The fourth-order valence-corrected chi connectivity index (χ4v) is 1.16. The van der Waals surface area contributed by atoms with Crippen LogP contribution < -0.4 is 10.9 Å². The van der Waals surface area contributed by atoms with Crippen molar-refractivity contribution < 1.29 is 19.1 Å². The van der Waals surface area contributed by atoms with Crippen molar-refractivity contribution in [2.45, 2.75) is 13.5 Å². The predicted molar refractivity (Wildman–Crippen MR) is 64.4 cm³/mol. The molecule has 0 aliphatic carbocycles. The van der Waals surface area contributed by atoms with E-state index in [1.807, 2.05) is 30.3 Å². The Hall–Kier alpha value is -2.08. The Morgan fingerprint density at radius 1 is 1.17 bits per heavy atom. The Labute approximate surface area is 105 Å². The molecule has 0 saturated carbocycles. The number of hydrogen-bond donors (Lipinski definition) is 2. The van der Waals surface area contributed by atoms with E-state index in [1.54, 1.807) is 6.92 Å². The molecule has 0 fully saturated rings. The van der Waals surface area contributed by atoms with Crippen LogP contribution in [-0.4, -0.2) is 25.2 Å². The van der Waals surface area contributed by atoms with Gasteiger partial charge in [-0.3, -0.25) is 10.2 Å². The van der Waals surface area contributed by atoms with Crippen molar-refractivity contribution in [1.29, 1.82) is 0 Å². The van der Waals surface area contributed by atoms with Crippen molar-refractivity contribution in [2.75, 3.05) is 13.2 Å². The lowest BCUT2D eigenvalue weighted by Gasteiger charge is -2.07. The van der Waals surface area contributed by atoms with Gasteiger partial charge in [0.2, 0.25) is 0 Å². The molecule has 0 radical (unpaired) electrons. The van der Waals surface area contributed by atoms with Gasteiger partial charge >= 0.3 is 6.09 Å². The molecule has 18 heavy (non-hydrogen) atoms. The molecule has 0 saturated heterocycles. The largest absolute Gasteiger partial charge is 0.449 e. The van der Waals surface area contributed by atoms with Crippen LogP contribution in [0.2, 0.25) is 0 Å². The normalized spacial score (nSPS) is 9.61. The summed E-state index contributed by atoms with van der Waals surface area (Å²) in [6.07, 6.45) is -0.700. The highest BCUT2D eigenvalue weighted by molar-refractivity contribution is 5.79. The SMILES string of the molecule is CCOC(=O)NNC(=O)COCc1ccccc1. The summed E-state index contributed by atoms with van der Waals surface area (Å²) in [5.41, 5.74) is 5.23. The Balaban J connectivity index is 2.12. The molecule has 2 N–H and O–H groups in total. The van der Waals surface area contributed by atoms with Gasteiger partial charge in [0.1, 0.15) is 6.61 Å². The number of nitrogens with one attached hydrogen (secondary N) is 2. The minimum atomic E-state index is -0.700. The van der Waals surface area contributed by atoms with Crippen molar-refractivity contribution in [2.24, 2.45) is 0 Å². The molecule has 6 nitrogen and oxygen atoms in total. The van der Waals surface area contributed by atoms with E-state index in [9.17, 15) is 9.59 Å². The van der Waals surface area contributed by atoms with E-state index in [0.717, 1.165) is 5.56 Å². The molecule has 6 heteroatoms. The number of hydrogen-bond acceptors (Lipinski definition) is 4. The third-order valence-electron chi connectivity index (χ3n) is 1.92. The summed E-state index contributed by atoms with van der Waals surface area (Å²) >= 11 is 0. The van der Waals surface area contributed by atoms with Crippen LogP contribution in [0.5, 0.6) is 0 Å². The first kappa shape index (κ1) is 14.0. The van der Waals surface area contributed by atoms with Gasteiger partial charge in [0.25, 0.3) is 5.91 Å². The summed E-state index contributed by atoms with van der Waals surface area (Å²) in [4.78, 5) is 22.1. The van der Waals surface area contributed by atoms with Gasteiger partial charge < -0.3 is 9.47 Å². The first-order valence-electron chi connectivity index (χ1n) is 5.55. The van der Waals surface area contributed by atoms with Gasteiger partial charge in [0.05, 0.1) is 13.2 Å². The molecule has 0 aliphatic rings. The Morgan fingerprint density at radius 3 is 2.56 bits per heavy atom. The molecule has 1 rings (SSSR count). The standard InChI is InChI=1S/C12H16N2O4/c1-2-18-12(16)14-13-11(15)9-17-8-10-6-4-3-5-7-10/h3-7H,2,8-9H2,1H3,(H,13,15)(H,14,16). The van der Waals surface area contributed by atoms with E-state index < -0.39 is 12.0 Å².